The Bertz CT molecular complexity index is 915. The van der Waals surface area contributed by atoms with Crippen LogP contribution >= 0.6 is 23.2 Å². The second-order valence-corrected chi connectivity index (χ2v) is 5.71. The molecule has 3 rings (SSSR count). The van der Waals surface area contributed by atoms with Gasteiger partial charge in [0.2, 0.25) is 0 Å². The van der Waals surface area contributed by atoms with Crippen LogP contribution in [-0.4, -0.2) is 0 Å². The van der Waals surface area contributed by atoms with Crippen LogP contribution in [0.5, 0.6) is 0 Å². The van der Waals surface area contributed by atoms with Gasteiger partial charge in [-0.2, -0.15) is 5.26 Å². The van der Waals surface area contributed by atoms with E-state index in [1.807, 2.05) is 48.5 Å². The zero-order valence-electron chi connectivity index (χ0n) is 11.6. The number of fused-ring (bicyclic) bond motifs is 1. The first-order chi connectivity index (χ1) is 10.7. The van der Waals surface area contributed by atoms with Gasteiger partial charge in [-0.15, -0.1) is 0 Å². The van der Waals surface area contributed by atoms with Crippen molar-refractivity contribution in [2.75, 3.05) is 0 Å². The quantitative estimate of drug-likeness (QED) is 0.406. The number of allylic oxidation sites excluding steroid dienone is 1. The summed E-state index contributed by atoms with van der Waals surface area (Å²) in [7, 11) is 0. The first-order valence-corrected chi connectivity index (χ1v) is 7.49. The molecule has 1 nitrogen and oxygen atoms in total. The smallest absolute Gasteiger partial charge is 0.0998 e. The predicted octanol–water partition coefficient (Wildman–Crippen LogP) is 6.21. The molecule has 3 heteroatoms. The van der Waals surface area contributed by atoms with E-state index in [1.165, 1.54) is 0 Å². The van der Waals surface area contributed by atoms with Gasteiger partial charge >= 0.3 is 0 Å². The Morgan fingerprint density at radius 2 is 1.73 bits per heavy atom. The number of benzene rings is 3. The highest BCUT2D eigenvalue weighted by atomic mass is 35.5. The molecule has 0 amide bonds. The van der Waals surface area contributed by atoms with E-state index in [9.17, 15) is 5.26 Å². The molecule has 0 fully saturated rings. The molecule has 0 heterocycles. The third-order valence-corrected chi connectivity index (χ3v) is 4.01. The lowest BCUT2D eigenvalue weighted by Crippen LogP contribution is -1.85. The fraction of sp³-hybridized carbons (Fsp3) is 0. The maximum atomic E-state index is 9.50. The fourth-order valence-corrected chi connectivity index (χ4v) is 2.92. The van der Waals surface area contributed by atoms with E-state index >= 15 is 0 Å². The molecule has 3 aromatic rings. The molecule has 0 aliphatic carbocycles. The molecule has 106 valence electrons. The first kappa shape index (κ1) is 14.7. The second-order valence-electron chi connectivity index (χ2n) is 4.86. The van der Waals surface area contributed by atoms with Gasteiger partial charge in [-0.05, 0) is 34.5 Å². The Morgan fingerprint density at radius 1 is 0.955 bits per heavy atom. The third kappa shape index (κ3) is 2.85. The van der Waals surface area contributed by atoms with Crippen LogP contribution in [-0.2, 0) is 0 Å². The Hall–Kier alpha value is -2.27. The minimum absolute atomic E-state index is 0.473. The van der Waals surface area contributed by atoms with Crippen LogP contribution in [0, 0.1) is 11.3 Å². The summed E-state index contributed by atoms with van der Waals surface area (Å²) in [4.78, 5) is 0. The van der Waals surface area contributed by atoms with E-state index < -0.39 is 0 Å². The van der Waals surface area contributed by atoms with E-state index in [-0.39, 0.29) is 0 Å². The van der Waals surface area contributed by atoms with Crippen molar-refractivity contribution in [3.63, 3.8) is 0 Å². The maximum Gasteiger partial charge on any atom is 0.0998 e. The van der Waals surface area contributed by atoms with Crippen molar-refractivity contribution < 1.29 is 0 Å². The zero-order chi connectivity index (χ0) is 15.5. The van der Waals surface area contributed by atoms with Gasteiger partial charge in [0.15, 0.2) is 0 Å². The molecule has 0 radical (unpaired) electrons. The fourth-order valence-electron chi connectivity index (χ4n) is 2.41. The summed E-state index contributed by atoms with van der Waals surface area (Å²) in [5.74, 6) is 0. The van der Waals surface area contributed by atoms with E-state index in [0.717, 1.165) is 16.3 Å². The van der Waals surface area contributed by atoms with Gasteiger partial charge in [0.1, 0.15) is 0 Å². The van der Waals surface area contributed by atoms with Crippen LogP contribution in [0.4, 0.5) is 0 Å². The second kappa shape index (κ2) is 6.23. The van der Waals surface area contributed by atoms with Gasteiger partial charge in [0.05, 0.1) is 16.7 Å². The van der Waals surface area contributed by atoms with Crippen molar-refractivity contribution in [2.24, 2.45) is 0 Å². The lowest BCUT2D eigenvalue weighted by atomic mass is 9.99. The molecule has 0 aliphatic rings. The molecule has 0 saturated heterocycles. The van der Waals surface area contributed by atoms with Crippen LogP contribution in [0.25, 0.3) is 22.4 Å². The Labute approximate surface area is 139 Å². The summed E-state index contributed by atoms with van der Waals surface area (Å²) in [5.41, 5.74) is 2.18. The average molecular weight is 324 g/mol. The molecule has 0 atom stereocenters. The van der Waals surface area contributed by atoms with Crippen LogP contribution < -0.4 is 0 Å². The molecule has 3 aromatic carbocycles. The lowest BCUT2D eigenvalue weighted by molar-refractivity contribution is 1.52. The molecule has 0 spiro atoms. The van der Waals surface area contributed by atoms with Crippen molar-refractivity contribution in [3.05, 3.63) is 81.8 Å². The van der Waals surface area contributed by atoms with Crippen molar-refractivity contribution in [1.82, 2.24) is 0 Å². The van der Waals surface area contributed by atoms with Gasteiger partial charge in [-0.1, -0.05) is 71.7 Å². The highest BCUT2D eigenvalue weighted by Crippen LogP contribution is 2.29. The molecular formula is C19H11Cl2N. The van der Waals surface area contributed by atoms with Gasteiger partial charge in [0, 0.05) is 10.6 Å². The first-order valence-electron chi connectivity index (χ1n) is 6.74. The monoisotopic (exact) mass is 323 g/mol. The zero-order valence-corrected chi connectivity index (χ0v) is 13.1. The molecule has 0 aliphatic heterocycles. The van der Waals surface area contributed by atoms with Gasteiger partial charge < -0.3 is 0 Å². The number of halogens is 2. The van der Waals surface area contributed by atoms with Crippen molar-refractivity contribution in [3.8, 4) is 6.07 Å². The maximum absolute atomic E-state index is 9.50. The molecule has 0 aromatic heterocycles. The number of nitrogens with zero attached hydrogens (tertiary/aromatic N) is 1. The number of hydrogen-bond donors (Lipinski definition) is 0. The average Bonchev–Trinajstić information content (AvgIpc) is 2.53. The van der Waals surface area contributed by atoms with Crippen LogP contribution in [0.1, 0.15) is 11.1 Å². The number of rotatable bonds is 2. The van der Waals surface area contributed by atoms with Crippen molar-refractivity contribution in [1.29, 1.82) is 5.26 Å². The molecule has 22 heavy (non-hydrogen) atoms. The van der Waals surface area contributed by atoms with Crippen molar-refractivity contribution >= 4 is 45.6 Å². The molecular weight excluding hydrogens is 313 g/mol. The summed E-state index contributed by atoms with van der Waals surface area (Å²) in [6.45, 7) is 0. The van der Waals surface area contributed by atoms with Gasteiger partial charge in [-0.25, -0.2) is 0 Å². The lowest BCUT2D eigenvalue weighted by Gasteiger charge is -2.06. The van der Waals surface area contributed by atoms with E-state index in [4.69, 9.17) is 23.2 Å². The topological polar surface area (TPSA) is 23.8 Å². The Kier molecular flexibility index (Phi) is 4.15. The molecule has 0 saturated carbocycles. The standard InChI is InChI=1S/C19H11Cl2N/c20-16-8-9-18(19(21)11-16)15(12-22)10-14-6-3-5-13-4-1-2-7-17(13)14/h1-11H/b15-10-. The Morgan fingerprint density at radius 3 is 2.50 bits per heavy atom. The summed E-state index contributed by atoms with van der Waals surface area (Å²) in [5, 5.41) is 12.8. The Balaban J connectivity index is 2.17. The molecule has 0 unspecified atom stereocenters. The molecule has 0 N–H and O–H groups in total. The van der Waals surface area contributed by atoms with Crippen LogP contribution in [0.15, 0.2) is 60.7 Å². The summed E-state index contributed by atoms with van der Waals surface area (Å²) >= 11 is 12.1. The SMILES string of the molecule is N#C/C(=C/c1cccc2ccccc12)c1ccc(Cl)cc1Cl. The molecule has 0 bridgehead atoms. The normalized spacial score (nSPS) is 11.4. The number of nitriles is 1. The highest BCUT2D eigenvalue weighted by molar-refractivity contribution is 6.36. The van der Waals surface area contributed by atoms with Crippen molar-refractivity contribution in [2.45, 2.75) is 0 Å². The van der Waals surface area contributed by atoms with E-state index in [0.29, 0.717) is 21.2 Å². The van der Waals surface area contributed by atoms with E-state index in [2.05, 4.69) is 6.07 Å². The summed E-state index contributed by atoms with van der Waals surface area (Å²) in [6, 6.07) is 21.5. The number of hydrogen-bond acceptors (Lipinski definition) is 1. The largest absolute Gasteiger partial charge is 0.192 e. The van der Waals surface area contributed by atoms with Crippen LogP contribution in [0.3, 0.4) is 0 Å². The third-order valence-electron chi connectivity index (χ3n) is 3.46. The van der Waals surface area contributed by atoms with Gasteiger partial charge in [-0.3, -0.25) is 0 Å². The minimum Gasteiger partial charge on any atom is -0.192 e. The van der Waals surface area contributed by atoms with Crippen LogP contribution in [0.2, 0.25) is 10.0 Å². The van der Waals surface area contributed by atoms with E-state index in [1.54, 1.807) is 18.2 Å². The highest BCUT2D eigenvalue weighted by Gasteiger charge is 2.08. The predicted molar refractivity (Wildman–Crippen MR) is 93.9 cm³/mol. The summed E-state index contributed by atoms with van der Waals surface area (Å²) < 4.78 is 0. The van der Waals surface area contributed by atoms with Gasteiger partial charge in [0.25, 0.3) is 0 Å². The summed E-state index contributed by atoms with van der Waals surface area (Å²) in [6.07, 6.45) is 1.86. The minimum atomic E-state index is 0.473.